The number of nitrogens with zero attached hydrogens (tertiary/aromatic N) is 2. The van der Waals surface area contributed by atoms with Crippen LogP contribution in [0.25, 0.3) is 0 Å². The lowest BCUT2D eigenvalue weighted by atomic mass is 9.96. The van der Waals surface area contributed by atoms with Crippen LogP contribution in [-0.2, 0) is 15.7 Å². The highest BCUT2D eigenvalue weighted by Crippen LogP contribution is 2.31. The third-order valence-electron chi connectivity index (χ3n) is 3.51. The Hall–Kier alpha value is -1.79. The van der Waals surface area contributed by atoms with Crippen LogP contribution in [0.5, 0.6) is 0 Å². The van der Waals surface area contributed by atoms with Crippen LogP contribution in [0, 0.1) is 5.92 Å². The summed E-state index contributed by atoms with van der Waals surface area (Å²) in [4.78, 5) is 16.8. The highest BCUT2D eigenvalue weighted by molar-refractivity contribution is 5.72. The van der Waals surface area contributed by atoms with Gasteiger partial charge in [0.25, 0.3) is 0 Å². The third-order valence-corrected chi connectivity index (χ3v) is 3.51. The Bertz CT molecular complexity index is 497. The summed E-state index contributed by atoms with van der Waals surface area (Å²) in [6, 6.07) is 2.60. The van der Waals surface area contributed by atoms with Crippen molar-refractivity contribution in [1.82, 2.24) is 4.98 Å². The molecular weight excluding hydrogens is 285 g/mol. The van der Waals surface area contributed by atoms with E-state index in [0.717, 1.165) is 12.3 Å². The lowest BCUT2D eigenvalue weighted by molar-refractivity contribution is -0.148. The largest absolute Gasteiger partial charge is 0.466 e. The van der Waals surface area contributed by atoms with Crippen molar-refractivity contribution in [2.45, 2.75) is 25.9 Å². The van der Waals surface area contributed by atoms with E-state index in [4.69, 9.17) is 4.74 Å². The number of rotatable bonds is 3. The Morgan fingerprint density at radius 2 is 2.10 bits per heavy atom. The molecule has 0 amide bonds. The van der Waals surface area contributed by atoms with Gasteiger partial charge in [0.15, 0.2) is 0 Å². The quantitative estimate of drug-likeness (QED) is 0.805. The molecule has 2 heterocycles. The third kappa shape index (κ3) is 3.86. The van der Waals surface area contributed by atoms with Crippen LogP contribution >= 0.6 is 0 Å². The lowest BCUT2D eigenvalue weighted by Gasteiger charge is -2.32. The molecule has 0 atom stereocenters. The molecule has 2 rings (SSSR count). The fourth-order valence-corrected chi connectivity index (χ4v) is 2.40. The van der Waals surface area contributed by atoms with Gasteiger partial charge < -0.3 is 9.64 Å². The second kappa shape index (κ2) is 6.32. The average Bonchev–Trinajstić information content (AvgIpc) is 2.47. The molecule has 1 aliphatic heterocycles. The van der Waals surface area contributed by atoms with Gasteiger partial charge in [-0.05, 0) is 31.9 Å². The molecule has 1 fully saturated rings. The van der Waals surface area contributed by atoms with Crippen LogP contribution in [0.15, 0.2) is 18.3 Å². The summed E-state index contributed by atoms with van der Waals surface area (Å²) in [5.41, 5.74) is -0.410. The molecule has 1 aromatic rings. The van der Waals surface area contributed by atoms with E-state index in [-0.39, 0.29) is 11.9 Å². The molecule has 0 spiro atoms. The van der Waals surface area contributed by atoms with Crippen molar-refractivity contribution in [2.24, 2.45) is 5.92 Å². The summed E-state index contributed by atoms with van der Waals surface area (Å²) in [7, 11) is 0. The molecule has 0 saturated carbocycles. The van der Waals surface area contributed by atoms with Crippen molar-refractivity contribution in [3.8, 4) is 0 Å². The van der Waals surface area contributed by atoms with Gasteiger partial charge in [0.2, 0.25) is 0 Å². The second-order valence-electron chi connectivity index (χ2n) is 4.91. The van der Waals surface area contributed by atoms with E-state index in [2.05, 4.69) is 4.98 Å². The number of anilines is 1. The summed E-state index contributed by atoms with van der Waals surface area (Å²) in [6.07, 6.45) is -2.11. The molecule has 0 aromatic carbocycles. The maximum absolute atomic E-state index is 12.6. The average molecular weight is 302 g/mol. The van der Waals surface area contributed by atoms with Gasteiger partial charge in [-0.2, -0.15) is 13.2 Å². The van der Waals surface area contributed by atoms with E-state index in [1.807, 2.05) is 4.90 Å². The Kier molecular flexibility index (Phi) is 4.69. The molecule has 1 saturated heterocycles. The van der Waals surface area contributed by atoms with Crippen LogP contribution in [0.4, 0.5) is 18.9 Å². The minimum Gasteiger partial charge on any atom is -0.466 e. The highest BCUT2D eigenvalue weighted by atomic mass is 19.4. The minimum absolute atomic E-state index is 0.162. The number of piperidine rings is 1. The zero-order valence-electron chi connectivity index (χ0n) is 11.7. The summed E-state index contributed by atoms with van der Waals surface area (Å²) >= 11 is 0. The first-order valence-corrected chi connectivity index (χ1v) is 6.86. The van der Waals surface area contributed by atoms with Gasteiger partial charge in [-0.3, -0.25) is 9.78 Å². The standard InChI is InChI=1S/C14H17F3N2O2/c1-2-21-13(20)10-4-7-19(8-5-10)11-3-6-18-12(9-11)14(15,16)17/h3,6,9-10H,2,4-5,7-8H2,1H3. The molecule has 116 valence electrons. The van der Waals surface area contributed by atoms with Crippen molar-refractivity contribution in [1.29, 1.82) is 0 Å². The van der Waals surface area contributed by atoms with Crippen LogP contribution in [0.2, 0.25) is 0 Å². The highest BCUT2D eigenvalue weighted by Gasteiger charge is 2.33. The van der Waals surface area contributed by atoms with E-state index in [9.17, 15) is 18.0 Å². The normalized spacial score (nSPS) is 16.9. The Labute approximate surface area is 120 Å². The van der Waals surface area contributed by atoms with Crippen LogP contribution in [0.3, 0.4) is 0 Å². The van der Waals surface area contributed by atoms with Crippen molar-refractivity contribution < 1.29 is 22.7 Å². The minimum atomic E-state index is -4.45. The molecule has 1 aromatic heterocycles. The number of ether oxygens (including phenoxy) is 1. The molecule has 7 heteroatoms. The number of esters is 1. The monoisotopic (exact) mass is 302 g/mol. The molecule has 1 aliphatic rings. The maximum Gasteiger partial charge on any atom is 0.433 e. The van der Waals surface area contributed by atoms with E-state index in [1.54, 1.807) is 13.0 Å². The summed E-state index contributed by atoms with van der Waals surface area (Å²) in [5.74, 6) is -0.381. The number of carbonyl (C=O) groups excluding carboxylic acids is 1. The van der Waals surface area contributed by atoms with Crippen LogP contribution < -0.4 is 4.90 Å². The molecule has 4 nitrogen and oxygen atoms in total. The molecule has 0 radical (unpaired) electrons. The molecule has 0 aliphatic carbocycles. The number of alkyl halides is 3. The maximum atomic E-state index is 12.6. The van der Waals surface area contributed by atoms with Crippen molar-refractivity contribution in [3.05, 3.63) is 24.0 Å². The smallest absolute Gasteiger partial charge is 0.433 e. The van der Waals surface area contributed by atoms with Gasteiger partial charge in [-0.1, -0.05) is 0 Å². The fraction of sp³-hybridized carbons (Fsp3) is 0.571. The zero-order chi connectivity index (χ0) is 15.5. The van der Waals surface area contributed by atoms with Crippen molar-refractivity contribution >= 4 is 11.7 Å². The van der Waals surface area contributed by atoms with E-state index in [1.165, 1.54) is 0 Å². The van der Waals surface area contributed by atoms with E-state index >= 15 is 0 Å². The van der Waals surface area contributed by atoms with Gasteiger partial charge in [-0.15, -0.1) is 0 Å². The Morgan fingerprint density at radius 3 is 2.67 bits per heavy atom. The number of hydrogen-bond donors (Lipinski definition) is 0. The second-order valence-corrected chi connectivity index (χ2v) is 4.91. The SMILES string of the molecule is CCOC(=O)C1CCN(c2ccnc(C(F)(F)F)c2)CC1. The predicted molar refractivity (Wildman–Crippen MR) is 70.8 cm³/mol. The first kappa shape index (κ1) is 15.6. The Balaban J connectivity index is 2.01. The van der Waals surface area contributed by atoms with Gasteiger partial charge >= 0.3 is 12.1 Å². The van der Waals surface area contributed by atoms with Crippen LogP contribution in [-0.4, -0.2) is 30.6 Å². The molecule has 0 bridgehead atoms. The number of carbonyl (C=O) groups is 1. The molecule has 0 unspecified atom stereocenters. The predicted octanol–water partition coefficient (Wildman–Crippen LogP) is 2.88. The van der Waals surface area contributed by atoms with E-state index in [0.29, 0.717) is 38.2 Å². The fourth-order valence-electron chi connectivity index (χ4n) is 2.40. The Morgan fingerprint density at radius 1 is 1.43 bits per heavy atom. The molecule has 0 N–H and O–H groups in total. The number of pyridine rings is 1. The van der Waals surface area contributed by atoms with Crippen molar-refractivity contribution in [3.63, 3.8) is 0 Å². The first-order valence-electron chi connectivity index (χ1n) is 6.86. The van der Waals surface area contributed by atoms with E-state index < -0.39 is 11.9 Å². The zero-order valence-corrected chi connectivity index (χ0v) is 11.7. The summed E-state index contributed by atoms with van der Waals surface area (Å²) < 4.78 is 42.9. The van der Waals surface area contributed by atoms with Gasteiger partial charge in [-0.25, -0.2) is 0 Å². The first-order chi connectivity index (χ1) is 9.91. The molecular formula is C14H17F3N2O2. The summed E-state index contributed by atoms with van der Waals surface area (Å²) in [5, 5.41) is 0. The molecule has 21 heavy (non-hydrogen) atoms. The number of aromatic nitrogens is 1. The lowest BCUT2D eigenvalue weighted by Crippen LogP contribution is -2.37. The van der Waals surface area contributed by atoms with Gasteiger partial charge in [0, 0.05) is 25.0 Å². The number of hydrogen-bond acceptors (Lipinski definition) is 4. The van der Waals surface area contributed by atoms with Gasteiger partial charge in [0.05, 0.1) is 12.5 Å². The number of halogens is 3. The van der Waals surface area contributed by atoms with Crippen molar-refractivity contribution in [2.75, 3.05) is 24.6 Å². The van der Waals surface area contributed by atoms with Gasteiger partial charge in [0.1, 0.15) is 5.69 Å². The topological polar surface area (TPSA) is 42.4 Å². The summed E-state index contributed by atoms with van der Waals surface area (Å²) in [6.45, 7) is 3.16. The van der Waals surface area contributed by atoms with Crippen LogP contribution in [0.1, 0.15) is 25.5 Å².